The van der Waals surface area contributed by atoms with Crippen LogP contribution in [0.15, 0.2) is 54.7 Å². The molecule has 0 atom stereocenters. The van der Waals surface area contributed by atoms with Gasteiger partial charge >= 0.3 is 11.4 Å². The molecule has 0 aliphatic rings. The number of nitrogens with zero attached hydrogens (tertiary/aromatic N) is 1. The molecule has 0 amide bonds. The van der Waals surface area contributed by atoms with Gasteiger partial charge in [-0.2, -0.15) is 17.7 Å². The van der Waals surface area contributed by atoms with Gasteiger partial charge in [0.25, 0.3) is 0 Å². The Morgan fingerprint density at radius 3 is 2.00 bits per heavy atom. The van der Waals surface area contributed by atoms with E-state index in [0.717, 1.165) is 17.8 Å². The highest BCUT2D eigenvalue weighted by Crippen LogP contribution is 2.20. The topological polar surface area (TPSA) is 70.3 Å². The summed E-state index contributed by atoms with van der Waals surface area (Å²) in [6.45, 7) is 7.08. The minimum Gasteiger partial charge on any atom is -0.741 e. The quantitative estimate of drug-likeness (QED) is 0.335. The maximum atomic E-state index is 10.7. The zero-order valence-electron chi connectivity index (χ0n) is 14.5. The van der Waals surface area contributed by atoms with Crippen LogP contribution in [0.5, 0.6) is 11.6 Å². The van der Waals surface area contributed by atoms with Gasteiger partial charge in [0.1, 0.15) is 20.0 Å². The van der Waals surface area contributed by atoms with E-state index >= 15 is 0 Å². The molecular weight excluding hydrogens is 387 g/mol. The van der Waals surface area contributed by atoms with E-state index in [1.54, 1.807) is 0 Å². The number of halogens is 3. The first kappa shape index (κ1) is 22.1. The van der Waals surface area contributed by atoms with Crippen LogP contribution < -0.4 is 9.30 Å². The van der Waals surface area contributed by atoms with Crippen LogP contribution in [0.2, 0.25) is 19.6 Å². The molecule has 5 nitrogen and oxygen atoms in total. The molecule has 1 aromatic carbocycles. The van der Waals surface area contributed by atoms with Gasteiger partial charge in [0.15, 0.2) is 16.3 Å². The molecule has 0 radical (unpaired) electrons. The second-order valence-corrected chi connectivity index (χ2v) is 13.4. The van der Waals surface area contributed by atoms with Crippen LogP contribution in [-0.4, -0.2) is 26.6 Å². The molecule has 0 bridgehead atoms. The Bertz CT molecular complexity index is 806. The number of hydrogen-bond donors (Lipinski definition) is 0. The fraction of sp³-hybridized carbons (Fsp3) is 0.312. The van der Waals surface area contributed by atoms with Crippen LogP contribution in [0.25, 0.3) is 0 Å². The predicted molar refractivity (Wildman–Crippen MR) is 92.3 cm³/mol. The summed E-state index contributed by atoms with van der Waals surface area (Å²) >= 11 is 0. The summed E-state index contributed by atoms with van der Waals surface area (Å²) in [6.07, 6.45) is 3.16. The van der Waals surface area contributed by atoms with Crippen molar-refractivity contribution in [2.45, 2.75) is 31.3 Å². The Balaban J connectivity index is 0.000000359. The highest BCUT2D eigenvalue weighted by atomic mass is 32.2. The lowest BCUT2D eigenvalue weighted by molar-refractivity contribution is -0.685. The van der Waals surface area contributed by atoms with Crippen molar-refractivity contribution in [3.05, 3.63) is 54.7 Å². The third-order valence-electron chi connectivity index (χ3n) is 2.79. The Morgan fingerprint density at radius 1 is 1.04 bits per heavy atom. The summed E-state index contributed by atoms with van der Waals surface area (Å²) in [6, 6.07) is 16.0. The maximum absolute atomic E-state index is 10.7. The number of hydrogen-bond acceptors (Lipinski definition) is 4. The van der Waals surface area contributed by atoms with Gasteiger partial charge in [-0.3, -0.25) is 0 Å². The van der Waals surface area contributed by atoms with E-state index in [1.165, 1.54) is 0 Å². The number of para-hydroxylation sites is 1. The van der Waals surface area contributed by atoms with E-state index in [4.69, 9.17) is 17.7 Å². The molecule has 10 heteroatoms. The number of benzene rings is 1. The Morgan fingerprint density at radius 2 is 1.54 bits per heavy atom. The van der Waals surface area contributed by atoms with Crippen LogP contribution in [0, 0.1) is 0 Å². The summed E-state index contributed by atoms with van der Waals surface area (Å²) in [5.74, 6) is 1.79. The first-order valence-corrected chi connectivity index (χ1v) is 12.6. The van der Waals surface area contributed by atoms with Crippen LogP contribution >= 0.6 is 0 Å². The van der Waals surface area contributed by atoms with Gasteiger partial charge in [0.05, 0.1) is 6.07 Å². The summed E-state index contributed by atoms with van der Waals surface area (Å²) in [5, 5.41) is 0. The Labute approximate surface area is 151 Å². The second-order valence-electron chi connectivity index (χ2n) is 6.54. The lowest BCUT2D eigenvalue weighted by atomic mass is 10.3. The standard InChI is InChI=1S/C15H20NOSi.CHF3O3S/c1-18(2,3)13-16-12-8-7-11-15(16)17-14-9-5-4-6-10-14;2-1(3,4)8(5,6)7/h4-12H,13H2,1-3H3;(H,5,6,7)/q+1;/p-1. The molecule has 1 aromatic heterocycles. The van der Waals surface area contributed by atoms with Crippen LogP contribution in [-0.2, 0) is 16.3 Å². The summed E-state index contributed by atoms with van der Waals surface area (Å²) < 4.78 is 67.1. The molecule has 2 aromatic rings. The number of pyridine rings is 1. The largest absolute Gasteiger partial charge is 0.741 e. The molecule has 0 aliphatic heterocycles. The summed E-state index contributed by atoms with van der Waals surface area (Å²) in [5.41, 5.74) is -5.65. The van der Waals surface area contributed by atoms with Crippen LogP contribution in [0.4, 0.5) is 13.2 Å². The van der Waals surface area contributed by atoms with Crippen molar-refractivity contribution >= 4 is 18.2 Å². The van der Waals surface area contributed by atoms with E-state index < -0.39 is 23.7 Å². The molecule has 0 saturated heterocycles. The molecule has 0 aliphatic carbocycles. The summed E-state index contributed by atoms with van der Waals surface area (Å²) in [4.78, 5) is 0. The zero-order chi connectivity index (χ0) is 20.0. The molecule has 0 unspecified atom stereocenters. The van der Waals surface area contributed by atoms with Crippen molar-refractivity contribution in [3.63, 3.8) is 0 Å². The Kier molecular flexibility index (Phi) is 7.36. The molecule has 0 N–H and O–H groups in total. The van der Waals surface area contributed by atoms with Crippen molar-refractivity contribution in [1.29, 1.82) is 0 Å². The molecule has 0 spiro atoms. The van der Waals surface area contributed by atoms with Crippen molar-refractivity contribution < 1.29 is 35.4 Å². The average molecular weight is 407 g/mol. The highest BCUT2D eigenvalue weighted by Gasteiger charge is 2.36. The summed E-state index contributed by atoms with van der Waals surface area (Å²) in [7, 11) is -7.25. The molecule has 26 heavy (non-hydrogen) atoms. The van der Waals surface area contributed by atoms with E-state index in [9.17, 15) is 13.2 Å². The van der Waals surface area contributed by atoms with Gasteiger partial charge in [0.2, 0.25) is 0 Å². The highest BCUT2D eigenvalue weighted by molar-refractivity contribution is 7.86. The van der Waals surface area contributed by atoms with Crippen molar-refractivity contribution in [3.8, 4) is 11.6 Å². The fourth-order valence-electron chi connectivity index (χ4n) is 1.80. The first-order chi connectivity index (χ1) is 11.8. The second kappa shape index (κ2) is 8.65. The molecule has 2 rings (SSSR count). The van der Waals surface area contributed by atoms with E-state index in [1.807, 2.05) is 42.5 Å². The SMILES string of the molecule is C[Si](C)(C)C[n+]1ccccc1Oc1ccccc1.O=S(=O)([O-])C(F)(F)F. The van der Waals surface area contributed by atoms with Crippen LogP contribution in [0.3, 0.4) is 0 Å². The minimum atomic E-state index is -6.09. The number of aromatic nitrogens is 1. The first-order valence-electron chi connectivity index (χ1n) is 7.53. The van der Waals surface area contributed by atoms with E-state index in [-0.39, 0.29) is 0 Å². The van der Waals surface area contributed by atoms with Crippen molar-refractivity contribution in [1.82, 2.24) is 0 Å². The van der Waals surface area contributed by atoms with Gasteiger partial charge in [-0.05, 0) is 18.2 Å². The fourth-order valence-corrected chi connectivity index (χ4v) is 3.09. The van der Waals surface area contributed by atoms with Gasteiger partial charge in [-0.15, -0.1) is 0 Å². The molecule has 1 heterocycles. The lowest BCUT2D eigenvalue weighted by Gasteiger charge is -2.13. The van der Waals surface area contributed by atoms with Gasteiger partial charge in [-0.25, -0.2) is 8.42 Å². The minimum absolute atomic E-state index is 0.882. The van der Waals surface area contributed by atoms with Crippen LogP contribution in [0.1, 0.15) is 0 Å². The number of ether oxygens (including phenoxy) is 1. The van der Waals surface area contributed by atoms with Gasteiger partial charge in [0, 0.05) is 6.07 Å². The number of rotatable bonds is 4. The molecular formula is C16H20F3NO4SSi. The van der Waals surface area contributed by atoms with E-state index in [0.29, 0.717) is 0 Å². The smallest absolute Gasteiger partial charge is 0.485 e. The average Bonchev–Trinajstić information content (AvgIpc) is 2.47. The molecule has 0 saturated carbocycles. The van der Waals surface area contributed by atoms with Crippen molar-refractivity contribution in [2.75, 3.05) is 0 Å². The van der Waals surface area contributed by atoms with Gasteiger partial charge in [-0.1, -0.05) is 37.8 Å². The molecule has 0 fully saturated rings. The lowest BCUT2D eigenvalue weighted by Crippen LogP contribution is -2.46. The monoisotopic (exact) mass is 407 g/mol. The number of alkyl halides is 3. The maximum Gasteiger partial charge on any atom is 0.485 e. The predicted octanol–water partition coefficient (Wildman–Crippen LogP) is 3.70. The van der Waals surface area contributed by atoms with Crippen molar-refractivity contribution in [2.24, 2.45) is 0 Å². The Hall–Kier alpha value is -1.91. The van der Waals surface area contributed by atoms with E-state index in [2.05, 4.69) is 36.5 Å². The molecule has 144 valence electrons. The normalized spacial score (nSPS) is 12.1. The zero-order valence-corrected chi connectivity index (χ0v) is 16.3. The third kappa shape index (κ3) is 7.98. The third-order valence-corrected chi connectivity index (χ3v) is 4.65. The van der Waals surface area contributed by atoms with Gasteiger partial charge < -0.3 is 9.29 Å².